The fraction of sp³-hybridized carbons (Fsp3) is 0.312. The van der Waals surface area contributed by atoms with Crippen LogP contribution in [-0.2, 0) is 12.8 Å². The minimum atomic E-state index is 0.229. The number of aromatic nitrogens is 1. The molecule has 0 radical (unpaired) electrons. The summed E-state index contributed by atoms with van der Waals surface area (Å²) in [5.74, 6) is 0. The molecule has 1 unspecified atom stereocenters. The molecule has 1 aliphatic rings. The number of anilines is 1. The molecular weight excluding hydrogens is 256 g/mol. The second-order valence-electron chi connectivity index (χ2n) is 5.10. The quantitative estimate of drug-likeness (QED) is 0.896. The van der Waals surface area contributed by atoms with E-state index in [-0.39, 0.29) is 6.04 Å². The van der Waals surface area contributed by atoms with E-state index in [1.54, 1.807) is 18.5 Å². The summed E-state index contributed by atoms with van der Waals surface area (Å²) in [5, 5.41) is 4.13. The Morgan fingerprint density at radius 3 is 2.89 bits per heavy atom. The standard InChI is InChI=1S/C16H17ClN2/c1-11(19-16-10-18-8-7-15(16)17)13-6-5-12-3-2-4-14(12)9-13/h5-11,19H,2-4H2,1H3. The van der Waals surface area contributed by atoms with E-state index in [0.29, 0.717) is 5.02 Å². The van der Waals surface area contributed by atoms with Crippen molar-refractivity contribution in [2.75, 3.05) is 5.32 Å². The minimum absolute atomic E-state index is 0.229. The van der Waals surface area contributed by atoms with E-state index in [4.69, 9.17) is 11.6 Å². The Hall–Kier alpha value is -1.54. The molecule has 0 fully saturated rings. The highest BCUT2D eigenvalue weighted by atomic mass is 35.5. The van der Waals surface area contributed by atoms with Crippen molar-refractivity contribution >= 4 is 17.3 Å². The first-order chi connectivity index (χ1) is 9.24. The first-order valence-electron chi connectivity index (χ1n) is 6.72. The van der Waals surface area contributed by atoms with Crippen LogP contribution in [0.1, 0.15) is 36.1 Å². The molecule has 1 heterocycles. The van der Waals surface area contributed by atoms with Crippen LogP contribution in [0.4, 0.5) is 5.69 Å². The molecule has 2 nitrogen and oxygen atoms in total. The molecule has 0 spiro atoms. The summed E-state index contributed by atoms with van der Waals surface area (Å²) in [7, 11) is 0. The van der Waals surface area contributed by atoms with Gasteiger partial charge in [-0.3, -0.25) is 4.98 Å². The predicted octanol–water partition coefficient (Wildman–Crippen LogP) is 4.40. The van der Waals surface area contributed by atoms with Gasteiger partial charge in [-0.15, -0.1) is 0 Å². The maximum absolute atomic E-state index is 6.15. The molecule has 19 heavy (non-hydrogen) atoms. The smallest absolute Gasteiger partial charge is 0.0720 e. The van der Waals surface area contributed by atoms with Crippen LogP contribution in [0, 0.1) is 0 Å². The summed E-state index contributed by atoms with van der Waals surface area (Å²) >= 11 is 6.15. The van der Waals surface area contributed by atoms with Crippen LogP contribution >= 0.6 is 11.6 Å². The molecule has 1 aromatic carbocycles. The molecule has 0 aliphatic heterocycles. The maximum atomic E-state index is 6.15. The van der Waals surface area contributed by atoms with E-state index in [9.17, 15) is 0 Å². The van der Waals surface area contributed by atoms with Crippen molar-refractivity contribution in [1.29, 1.82) is 0 Å². The monoisotopic (exact) mass is 272 g/mol. The molecule has 3 rings (SSSR count). The molecule has 1 N–H and O–H groups in total. The van der Waals surface area contributed by atoms with E-state index >= 15 is 0 Å². The number of halogens is 1. The normalized spacial score (nSPS) is 15.1. The van der Waals surface area contributed by atoms with Crippen LogP contribution in [0.3, 0.4) is 0 Å². The lowest BCUT2D eigenvalue weighted by molar-refractivity contribution is 0.878. The van der Waals surface area contributed by atoms with Gasteiger partial charge in [-0.05, 0) is 48.9 Å². The van der Waals surface area contributed by atoms with Gasteiger partial charge in [-0.25, -0.2) is 0 Å². The van der Waals surface area contributed by atoms with Crippen LogP contribution in [0.2, 0.25) is 5.02 Å². The van der Waals surface area contributed by atoms with Crippen molar-refractivity contribution in [2.24, 2.45) is 0 Å². The predicted molar refractivity (Wildman–Crippen MR) is 79.8 cm³/mol. The Morgan fingerprint density at radius 2 is 2.05 bits per heavy atom. The lowest BCUT2D eigenvalue weighted by atomic mass is 10.0. The number of aryl methyl sites for hydroxylation is 2. The fourth-order valence-corrected chi connectivity index (χ4v) is 2.82. The number of hydrogen-bond acceptors (Lipinski definition) is 2. The average molecular weight is 273 g/mol. The second-order valence-corrected chi connectivity index (χ2v) is 5.51. The number of fused-ring (bicyclic) bond motifs is 1. The van der Waals surface area contributed by atoms with E-state index < -0.39 is 0 Å². The van der Waals surface area contributed by atoms with Crippen LogP contribution < -0.4 is 5.32 Å². The highest BCUT2D eigenvalue weighted by molar-refractivity contribution is 6.33. The van der Waals surface area contributed by atoms with Crippen LogP contribution in [-0.4, -0.2) is 4.98 Å². The minimum Gasteiger partial charge on any atom is -0.376 e. The molecule has 0 saturated carbocycles. The molecule has 1 aliphatic carbocycles. The van der Waals surface area contributed by atoms with Crippen LogP contribution in [0.25, 0.3) is 0 Å². The van der Waals surface area contributed by atoms with Gasteiger partial charge in [0.25, 0.3) is 0 Å². The molecule has 3 heteroatoms. The van der Waals surface area contributed by atoms with Crippen LogP contribution in [0.15, 0.2) is 36.7 Å². The van der Waals surface area contributed by atoms with E-state index in [1.165, 1.54) is 36.0 Å². The lowest BCUT2D eigenvalue weighted by Gasteiger charge is -2.17. The summed E-state index contributed by atoms with van der Waals surface area (Å²) < 4.78 is 0. The van der Waals surface area contributed by atoms with Gasteiger partial charge < -0.3 is 5.32 Å². The van der Waals surface area contributed by atoms with Gasteiger partial charge in [-0.1, -0.05) is 29.8 Å². The van der Waals surface area contributed by atoms with Crippen molar-refractivity contribution in [3.63, 3.8) is 0 Å². The third-order valence-electron chi connectivity index (χ3n) is 3.76. The second kappa shape index (κ2) is 5.22. The topological polar surface area (TPSA) is 24.9 Å². The van der Waals surface area contributed by atoms with Crippen molar-refractivity contribution in [3.8, 4) is 0 Å². The van der Waals surface area contributed by atoms with Gasteiger partial charge in [-0.2, -0.15) is 0 Å². The van der Waals surface area contributed by atoms with E-state index in [1.807, 2.05) is 0 Å². The van der Waals surface area contributed by atoms with Crippen molar-refractivity contribution in [2.45, 2.75) is 32.2 Å². The van der Waals surface area contributed by atoms with Crippen molar-refractivity contribution in [1.82, 2.24) is 4.98 Å². The Labute approximate surface area is 118 Å². The molecule has 2 aromatic rings. The molecule has 98 valence electrons. The van der Waals surface area contributed by atoms with Gasteiger partial charge in [0, 0.05) is 12.2 Å². The summed E-state index contributed by atoms with van der Waals surface area (Å²) in [6, 6.07) is 8.84. The fourth-order valence-electron chi connectivity index (χ4n) is 2.66. The average Bonchev–Trinajstić information content (AvgIpc) is 2.88. The third kappa shape index (κ3) is 2.59. The number of nitrogens with one attached hydrogen (secondary N) is 1. The lowest BCUT2D eigenvalue weighted by Crippen LogP contribution is -2.07. The number of hydrogen-bond donors (Lipinski definition) is 1. The highest BCUT2D eigenvalue weighted by Crippen LogP contribution is 2.28. The van der Waals surface area contributed by atoms with Crippen LogP contribution in [0.5, 0.6) is 0 Å². The van der Waals surface area contributed by atoms with Crippen molar-refractivity contribution < 1.29 is 0 Å². The van der Waals surface area contributed by atoms with E-state index in [2.05, 4.69) is 35.4 Å². The maximum Gasteiger partial charge on any atom is 0.0720 e. The highest BCUT2D eigenvalue weighted by Gasteiger charge is 2.14. The zero-order valence-corrected chi connectivity index (χ0v) is 11.7. The first kappa shape index (κ1) is 12.5. The summed E-state index contributed by atoms with van der Waals surface area (Å²) in [6.45, 7) is 2.15. The Morgan fingerprint density at radius 1 is 1.21 bits per heavy atom. The Bertz CT molecular complexity index is 595. The van der Waals surface area contributed by atoms with Gasteiger partial charge >= 0.3 is 0 Å². The largest absolute Gasteiger partial charge is 0.376 e. The molecule has 0 saturated heterocycles. The number of pyridine rings is 1. The number of benzene rings is 1. The van der Waals surface area contributed by atoms with Gasteiger partial charge in [0.15, 0.2) is 0 Å². The van der Waals surface area contributed by atoms with Gasteiger partial charge in [0.2, 0.25) is 0 Å². The summed E-state index contributed by atoms with van der Waals surface area (Å²) in [5.41, 5.74) is 5.21. The number of nitrogens with zero attached hydrogens (tertiary/aromatic N) is 1. The molecule has 0 bridgehead atoms. The van der Waals surface area contributed by atoms with Gasteiger partial charge in [0.1, 0.15) is 0 Å². The molecule has 0 amide bonds. The molecule has 1 aromatic heterocycles. The SMILES string of the molecule is CC(Nc1cnccc1Cl)c1ccc2c(c1)CCC2. The molecule has 1 atom stereocenters. The number of rotatable bonds is 3. The summed E-state index contributed by atoms with van der Waals surface area (Å²) in [4.78, 5) is 4.10. The zero-order valence-electron chi connectivity index (χ0n) is 11.0. The van der Waals surface area contributed by atoms with Crippen molar-refractivity contribution in [3.05, 3.63) is 58.4 Å². The van der Waals surface area contributed by atoms with E-state index in [0.717, 1.165) is 5.69 Å². The zero-order chi connectivity index (χ0) is 13.2. The Balaban J connectivity index is 1.81. The molecular formula is C16H17ClN2. The first-order valence-corrected chi connectivity index (χ1v) is 7.09. The summed E-state index contributed by atoms with van der Waals surface area (Å²) in [6.07, 6.45) is 7.20. The third-order valence-corrected chi connectivity index (χ3v) is 4.09. The van der Waals surface area contributed by atoms with Gasteiger partial charge in [0.05, 0.1) is 16.9 Å². The Kier molecular flexibility index (Phi) is 3.43.